The van der Waals surface area contributed by atoms with Crippen molar-refractivity contribution in [3.63, 3.8) is 0 Å². The molecule has 1 fully saturated rings. The molecule has 0 N–H and O–H groups in total. The average Bonchev–Trinajstić information content (AvgIpc) is 3.47. The van der Waals surface area contributed by atoms with Gasteiger partial charge in [0.1, 0.15) is 5.82 Å². The number of rotatable bonds is 4. The molecule has 0 saturated carbocycles. The van der Waals surface area contributed by atoms with E-state index in [9.17, 15) is 4.79 Å². The Labute approximate surface area is 242 Å². The van der Waals surface area contributed by atoms with Gasteiger partial charge in [-0.3, -0.25) is 9.36 Å². The van der Waals surface area contributed by atoms with Crippen LogP contribution in [0.15, 0.2) is 102 Å². The summed E-state index contributed by atoms with van der Waals surface area (Å²) in [4.78, 5) is 18.5. The molecule has 4 aromatic carbocycles. The Bertz CT molecular complexity index is 1990. The summed E-state index contributed by atoms with van der Waals surface area (Å²) < 4.78 is 7.71. The van der Waals surface area contributed by atoms with Gasteiger partial charge in [0, 0.05) is 54.5 Å². The van der Waals surface area contributed by atoms with E-state index in [-0.39, 0.29) is 5.56 Å². The third kappa shape index (κ3) is 4.43. The van der Waals surface area contributed by atoms with Gasteiger partial charge in [-0.05, 0) is 95.1 Å². The number of hydrogen-bond acceptors (Lipinski definition) is 6. The standard InChI is InChI=1S/C34H27N5OS/c1-23-22-39(34(40)30-7-4-6-28(32(23)30)25-11-9-24(21-35)10-12-25)27-15-13-26(14-16-27)37-17-19-38(20-18-37)33-29-5-2-3-8-31(29)41-36-33/h2-16,22H,17-20H2,1H3. The summed E-state index contributed by atoms with van der Waals surface area (Å²) in [5.41, 5.74) is 5.58. The van der Waals surface area contributed by atoms with Gasteiger partial charge in [-0.1, -0.05) is 36.4 Å². The molecular weight excluding hydrogens is 526 g/mol. The van der Waals surface area contributed by atoms with Crippen LogP contribution in [0.5, 0.6) is 0 Å². The van der Waals surface area contributed by atoms with E-state index in [0.29, 0.717) is 10.9 Å². The van der Waals surface area contributed by atoms with Crippen LogP contribution in [-0.2, 0) is 0 Å². The smallest absolute Gasteiger partial charge is 0.262 e. The second-order valence-corrected chi connectivity index (χ2v) is 11.2. The van der Waals surface area contributed by atoms with Crippen molar-refractivity contribution in [2.24, 2.45) is 0 Å². The molecule has 1 aliphatic rings. The van der Waals surface area contributed by atoms with Crippen molar-refractivity contribution in [2.75, 3.05) is 36.0 Å². The Kier molecular flexibility index (Phi) is 6.26. The maximum Gasteiger partial charge on any atom is 0.262 e. The number of fused-ring (bicyclic) bond motifs is 2. The van der Waals surface area contributed by atoms with Crippen LogP contribution in [-0.4, -0.2) is 35.1 Å². The molecule has 0 atom stereocenters. The third-order valence-electron chi connectivity index (χ3n) is 7.99. The summed E-state index contributed by atoms with van der Waals surface area (Å²) in [5, 5.41) is 12.0. The van der Waals surface area contributed by atoms with Gasteiger partial charge in [0.15, 0.2) is 0 Å². The lowest BCUT2D eigenvalue weighted by Gasteiger charge is -2.36. The molecule has 0 spiro atoms. The molecule has 1 saturated heterocycles. The van der Waals surface area contributed by atoms with Crippen molar-refractivity contribution < 1.29 is 0 Å². The fourth-order valence-corrected chi connectivity index (χ4v) is 6.66. The molecule has 0 aliphatic carbocycles. The monoisotopic (exact) mass is 553 g/mol. The highest BCUT2D eigenvalue weighted by Crippen LogP contribution is 2.32. The molecule has 3 heterocycles. The van der Waals surface area contributed by atoms with Gasteiger partial charge in [0.25, 0.3) is 5.56 Å². The Hall–Kier alpha value is -4.93. The highest BCUT2D eigenvalue weighted by atomic mass is 32.1. The molecule has 0 radical (unpaired) electrons. The minimum absolute atomic E-state index is 0.0436. The molecule has 2 aromatic heterocycles. The van der Waals surface area contributed by atoms with E-state index < -0.39 is 0 Å². The number of pyridine rings is 1. The van der Waals surface area contributed by atoms with Crippen molar-refractivity contribution in [3.05, 3.63) is 119 Å². The van der Waals surface area contributed by atoms with Gasteiger partial charge in [-0.15, -0.1) is 0 Å². The van der Waals surface area contributed by atoms with Crippen molar-refractivity contribution in [3.8, 4) is 22.9 Å². The van der Waals surface area contributed by atoms with Crippen molar-refractivity contribution in [1.29, 1.82) is 5.26 Å². The molecule has 0 unspecified atom stereocenters. The first-order valence-corrected chi connectivity index (χ1v) is 14.5. The zero-order valence-corrected chi connectivity index (χ0v) is 23.4. The maximum atomic E-state index is 13.7. The minimum atomic E-state index is -0.0436. The minimum Gasteiger partial charge on any atom is -0.368 e. The normalized spacial score (nSPS) is 13.6. The number of nitrogens with zero attached hydrogens (tertiary/aromatic N) is 5. The summed E-state index contributed by atoms with van der Waals surface area (Å²) in [6.07, 6.45) is 1.93. The van der Waals surface area contributed by atoms with Gasteiger partial charge < -0.3 is 9.80 Å². The second-order valence-electron chi connectivity index (χ2n) is 10.4. The number of hydrogen-bond donors (Lipinski definition) is 0. The Morgan fingerprint density at radius 2 is 1.46 bits per heavy atom. The summed E-state index contributed by atoms with van der Waals surface area (Å²) in [5.74, 6) is 1.09. The molecule has 200 valence electrons. The summed E-state index contributed by atoms with van der Waals surface area (Å²) >= 11 is 1.56. The third-order valence-corrected chi connectivity index (χ3v) is 8.80. The van der Waals surface area contributed by atoms with Gasteiger partial charge in [0.2, 0.25) is 0 Å². The summed E-state index contributed by atoms with van der Waals surface area (Å²) in [6, 6.07) is 32.3. The van der Waals surface area contributed by atoms with Gasteiger partial charge in [0.05, 0.1) is 16.3 Å². The number of nitriles is 1. The van der Waals surface area contributed by atoms with E-state index in [2.05, 4.69) is 52.3 Å². The zero-order valence-electron chi connectivity index (χ0n) is 22.6. The largest absolute Gasteiger partial charge is 0.368 e. The van der Waals surface area contributed by atoms with Crippen molar-refractivity contribution in [1.82, 2.24) is 8.94 Å². The number of aromatic nitrogens is 2. The van der Waals surface area contributed by atoms with Crippen LogP contribution in [0, 0.1) is 18.3 Å². The number of benzene rings is 4. The van der Waals surface area contributed by atoms with Gasteiger partial charge in [-0.2, -0.15) is 9.64 Å². The van der Waals surface area contributed by atoms with E-state index in [4.69, 9.17) is 9.64 Å². The van der Waals surface area contributed by atoms with Gasteiger partial charge >= 0.3 is 0 Å². The zero-order chi connectivity index (χ0) is 27.9. The van der Waals surface area contributed by atoms with Crippen LogP contribution in [0.2, 0.25) is 0 Å². The Morgan fingerprint density at radius 3 is 2.22 bits per heavy atom. The molecule has 1 aliphatic heterocycles. The molecule has 7 rings (SSSR count). The van der Waals surface area contributed by atoms with Crippen LogP contribution >= 0.6 is 11.5 Å². The molecule has 0 amide bonds. The molecule has 6 nitrogen and oxygen atoms in total. The SMILES string of the molecule is Cc1cn(-c2ccc(N3CCN(c4nsc5ccccc45)CC3)cc2)c(=O)c2cccc(-c3ccc(C#N)cc3)c12. The topological polar surface area (TPSA) is 65.2 Å². The molecule has 7 heteroatoms. The fourth-order valence-electron chi connectivity index (χ4n) is 5.86. The number of aryl methyl sites for hydroxylation is 1. The number of anilines is 2. The Balaban J connectivity index is 1.14. The molecule has 41 heavy (non-hydrogen) atoms. The van der Waals surface area contributed by atoms with Crippen LogP contribution in [0.1, 0.15) is 11.1 Å². The van der Waals surface area contributed by atoms with E-state index in [1.54, 1.807) is 16.1 Å². The average molecular weight is 554 g/mol. The lowest BCUT2D eigenvalue weighted by molar-refractivity contribution is 0.651. The van der Waals surface area contributed by atoms with E-state index in [1.807, 2.05) is 67.7 Å². The van der Waals surface area contributed by atoms with Crippen molar-refractivity contribution in [2.45, 2.75) is 6.92 Å². The van der Waals surface area contributed by atoms with Crippen LogP contribution in [0.25, 0.3) is 37.7 Å². The lowest BCUT2D eigenvalue weighted by atomic mass is 9.96. The summed E-state index contributed by atoms with van der Waals surface area (Å²) in [6.45, 7) is 5.71. The van der Waals surface area contributed by atoms with Crippen LogP contribution in [0.3, 0.4) is 0 Å². The van der Waals surface area contributed by atoms with Crippen molar-refractivity contribution >= 4 is 43.9 Å². The molecule has 0 bridgehead atoms. The second kappa shape index (κ2) is 10.2. The highest BCUT2D eigenvalue weighted by Gasteiger charge is 2.21. The predicted molar refractivity (Wildman–Crippen MR) is 168 cm³/mol. The van der Waals surface area contributed by atoms with E-state index in [0.717, 1.165) is 65.4 Å². The van der Waals surface area contributed by atoms with Crippen LogP contribution in [0.4, 0.5) is 11.5 Å². The summed E-state index contributed by atoms with van der Waals surface area (Å²) in [7, 11) is 0. The first-order valence-electron chi connectivity index (χ1n) is 13.7. The first-order chi connectivity index (χ1) is 20.1. The lowest BCUT2D eigenvalue weighted by Crippen LogP contribution is -2.46. The van der Waals surface area contributed by atoms with E-state index >= 15 is 0 Å². The highest BCUT2D eigenvalue weighted by molar-refractivity contribution is 7.13. The first kappa shape index (κ1) is 25.1. The fraction of sp³-hybridized carbons (Fsp3) is 0.147. The predicted octanol–water partition coefficient (Wildman–Crippen LogP) is 6.77. The number of piperazine rings is 1. The quantitative estimate of drug-likeness (QED) is 0.241. The molecule has 6 aromatic rings. The molecular formula is C34H27N5OS. The van der Waals surface area contributed by atoms with E-state index in [1.165, 1.54) is 10.1 Å². The Morgan fingerprint density at radius 1 is 0.780 bits per heavy atom. The van der Waals surface area contributed by atoms with Crippen LogP contribution < -0.4 is 15.4 Å². The maximum absolute atomic E-state index is 13.7. The van der Waals surface area contributed by atoms with Gasteiger partial charge in [-0.25, -0.2) is 0 Å².